The molecule has 2 bridgehead atoms. The monoisotopic (exact) mass is 572 g/mol. The maximum absolute atomic E-state index is 14.5. The zero-order chi connectivity index (χ0) is 29.8. The number of nitrogens with zero attached hydrogens (tertiary/aromatic N) is 4. The van der Waals surface area contributed by atoms with Gasteiger partial charge in [-0.25, -0.2) is 14.4 Å². The number of piperazine rings is 1. The molecule has 0 spiro atoms. The van der Waals surface area contributed by atoms with Gasteiger partial charge in [0.15, 0.2) is 5.96 Å². The van der Waals surface area contributed by atoms with Crippen molar-refractivity contribution >= 4 is 22.5 Å². The van der Waals surface area contributed by atoms with Crippen molar-refractivity contribution in [2.45, 2.75) is 78.9 Å². The number of hydrogen-bond donors (Lipinski definition) is 2. The Morgan fingerprint density at radius 2 is 2.02 bits per heavy atom. The van der Waals surface area contributed by atoms with Crippen molar-refractivity contribution in [2.24, 2.45) is 28.2 Å². The maximum atomic E-state index is 14.5. The number of aromatic nitrogens is 2. The molecule has 1 saturated heterocycles. The lowest BCUT2D eigenvalue weighted by Crippen LogP contribution is -2.57. The highest BCUT2D eigenvalue weighted by Crippen LogP contribution is 2.61. The zero-order valence-electron chi connectivity index (χ0n) is 25.8. The van der Waals surface area contributed by atoms with Crippen LogP contribution in [0, 0.1) is 35.9 Å². The highest BCUT2D eigenvalue weighted by molar-refractivity contribution is 5.96. The average molecular weight is 573 g/mol. The van der Waals surface area contributed by atoms with E-state index in [1.807, 2.05) is 38.1 Å². The van der Waals surface area contributed by atoms with Gasteiger partial charge in [-0.1, -0.05) is 32.9 Å². The fourth-order valence-corrected chi connectivity index (χ4v) is 7.66. The lowest BCUT2D eigenvalue weighted by atomic mass is 9.45. The Morgan fingerprint density at radius 3 is 2.74 bits per heavy atom. The molecule has 2 aromatic carbocycles. The van der Waals surface area contributed by atoms with E-state index in [-0.39, 0.29) is 17.4 Å². The van der Waals surface area contributed by atoms with Crippen LogP contribution in [0.15, 0.2) is 52.5 Å². The Balaban J connectivity index is 1.25. The number of anilines is 1. The third-order valence-electron chi connectivity index (χ3n) is 10.5. The van der Waals surface area contributed by atoms with Crippen molar-refractivity contribution in [1.82, 2.24) is 19.8 Å². The topological polar surface area (TPSA) is 74.6 Å². The third-order valence-corrected chi connectivity index (χ3v) is 10.5. The van der Waals surface area contributed by atoms with E-state index < -0.39 is 0 Å². The van der Waals surface area contributed by atoms with Gasteiger partial charge < -0.3 is 15.5 Å². The molecule has 3 aliphatic carbocycles. The second-order valence-electron chi connectivity index (χ2n) is 13.7. The molecular formula is C34H45FN6O. The summed E-state index contributed by atoms with van der Waals surface area (Å²) in [7, 11) is 0. The van der Waals surface area contributed by atoms with Gasteiger partial charge in [-0.05, 0) is 98.6 Å². The lowest BCUT2D eigenvalue weighted by Gasteiger charge is -2.61. The minimum absolute atomic E-state index is 0.116. The Kier molecular flexibility index (Phi) is 7.62. The van der Waals surface area contributed by atoms with Crippen LogP contribution in [-0.2, 0) is 6.42 Å². The minimum atomic E-state index is -0.237. The van der Waals surface area contributed by atoms with E-state index in [0.717, 1.165) is 55.1 Å². The Morgan fingerprint density at radius 1 is 1.21 bits per heavy atom. The first-order chi connectivity index (χ1) is 20.0. The van der Waals surface area contributed by atoms with Gasteiger partial charge in [-0.2, -0.15) is 0 Å². The standard InChI is InChI=1S/C34H45FN6O/c1-20-7-8-24(29(35)13-20)14-22(3)41-19-37-31-17-26(9-10-27(31)32(41)42)38-33(40-12-11-36-21(2)18-40)39-30-16-25-15-28(23(30)4)34(25,5)6/h7-10,13,17,19,21-23,25,28,30,36H,11-12,14-16,18H2,1-6H3,(H,38,39)/t21-,22+,23-,25-,28+,30?/m0/s1. The number of halogens is 1. The number of aryl methyl sites for hydroxylation is 1. The molecule has 1 aliphatic heterocycles. The molecule has 1 unspecified atom stereocenters. The van der Waals surface area contributed by atoms with E-state index in [4.69, 9.17) is 4.99 Å². The summed E-state index contributed by atoms with van der Waals surface area (Å²) >= 11 is 0. The number of hydrogen-bond acceptors (Lipinski definition) is 4. The number of nitrogens with one attached hydrogen (secondary N) is 2. The SMILES string of the molecule is Cc1ccc(C[C@@H](C)n2cnc3cc(NC(=NC4C[C@@H]5C[C@H]([C@@H]4C)C5(C)C)N4CCN[C@@H](C)C4)ccc3c2=O)c(F)c1. The largest absolute Gasteiger partial charge is 0.340 e. The van der Waals surface area contributed by atoms with Crippen LogP contribution in [0.1, 0.15) is 64.6 Å². The van der Waals surface area contributed by atoms with Crippen LogP contribution in [0.2, 0.25) is 0 Å². The summed E-state index contributed by atoms with van der Waals surface area (Å²) in [6.45, 7) is 16.0. The number of rotatable bonds is 5. The van der Waals surface area contributed by atoms with Crippen molar-refractivity contribution in [3.63, 3.8) is 0 Å². The number of guanidine groups is 1. The summed E-state index contributed by atoms with van der Waals surface area (Å²) in [6.07, 6.45) is 4.48. The number of aliphatic imine (C=N–C) groups is 1. The maximum Gasteiger partial charge on any atom is 0.261 e. The van der Waals surface area contributed by atoms with Gasteiger partial charge in [0.25, 0.3) is 5.56 Å². The molecule has 1 aromatic heterocycles. The van der Waals surface area contributed by atoms with Gasteiger partial charge >= 0.3 is 0 Å². The predicted octanol–water partition coefficient (Wildman–Crippen LogP) is 5.78. The summed E-state index contributed by atoms with van der Waals surface area (Å²) in [4.78, 5) is 25.9. The van der Waals surface area contributed by atoms with Gasteiger partial charge in [0, 0.05) is 37.4 Å². The highest BCUT2D eigenvalue weighted by atomic mass is 19.1. The summed E-state index contributed by atoms with van der Waals surface area (Å²) in [5, 5.41) is 7.73. The van der Waals surface area contributed by atoms with Crippen LogP contribution < -0.4 is 16.2 Å². The molecule has 4 aliphatic rings. The zero-order valence-corrected chi connectivity index (χ0v) is 25.8. The molecule has 8 heteroatoms. The first kappa shape index (κ1) is 28.8. The molecule has 0 amide bonds. The third kappa shape index (κ3) is 5.34. The van der Waals surface area contributed by atoms with E-state index in [0.29, 0.717) is 46.3 Å². The van der Waals surface area contributed by atoms with E-state index in [9.17, 15) is 9.18 Å². The quantitative estimate of drug-likeness (QED) is 0.300. The molecule has 3 saturated carbocycles. The molecule has 224 valence electrons. The average Bonchev–Trinajstić information content (AvgIpc) is 2.95. The molecule has 7 nitrogen and oxygen atoms in total. The van der Waals surface area contributed by atoms with E-state index in [2.05, 4.69) is 48.2 Å². The van der Waals surface area contributed by atoms with E-state index >= 15 is 0 Å². The molecule has 2 heterocycles. The van der Waals surface area contributed by atoms with Crippen LogP contribution in [0.3, 0.4) is 0 Å². The van der Waals surface area contributed by atoms with Gasteiger partial charge in [0.1, 0.15) is 5.82 Å². The van der Waals surface area contributed by atoms with Crippen molar-refractivity contribution in [3.8, 4) is 0 Å². The normalized spacial score (nSPS) is 27.9. The Bertz CT molecular complexity index is 1560. The van der Waals surface area contributed by atoms with Crippen molar-refractivity contribution in [2.75, 3.05) is 25.0 Å². The molecular weight excluding hydrogens is 527 g/mol. The first-order valence-corrected chi connectivity index (χ1v) is 15.6. The van der Waals surface area contributed by atoms with Crippen molar-refractivity contribution < 1.29 is 4.39 Å². The summed E-state index contributed by atoms with van der Waals surface area (Å²) in [6, 6.07) is 11.4. The second kappa shape index (κ2) is 11.1. The molecule has 6 atom stereocenters. The number of fused-ring (bicyclic) bond motifs is 3. The van der Waals surface area contributed by atoms with Gasteiger partial charge in [0.05, 0.1) is 23.3 Å². The smallest absolute Gasteiger partial charge is 0.261 e. The first-order valence-electron chi connectivity index (χ1n) is 15.6. The fourth-order valence-electron chi connectivity index (χ4n) is 7.66. The molecule has 7 rings (SSSR count). The van der Waals surface area contributed by atoms with Gasteiger partial charge in [0.2, 0.25) is 0 Å². The minimum Gasteiger partial charge on any atom is -0.340 e. The lowest BCUT2D eigenvalue weighted by molar-refractivity contribution is -0.108. The highest BCUT2D eigenvalue weighted by Gasteiger charge is 2.56. The molecule has 0 radical (unpaired) electrons. The van der Waals surface area contributed by atoms with Crippen LogP contribution in [0.5, 0.6) is 0 Å². The molecule has 4 fully saturated rings. The molecule has 3 aromatic rings. The summed E-state index contributed by atoms with van der Waals surface area (Å²) < 4.78 is 16.1. The van der Waals surface area contributed by atoms with E-state index in [1.54, 1.807) is 17.0 Å². The van der Waals surface area contributed by atoms with Crippen molar-refractivity contribution in [1.29, 1.82) is 0 Å². The Labute approximate surface area is 248 Å². The van der Waals surface area contributed by atoms with Crippen LogP contribution in [0.4, 0.5) is 10.1 Å². The van der Waals surface area contributed by atoms with Gasteiger partial charge in [-0.3, -0.25) is 9.36 Å². The Hall–Kier alpha value is -3.26. The van der Waals surface area contributed by atoms with Crippen LogP contribution in [-0.4, -0.2) is 52.1 Å². The predicted molar refractivity (Wildman–Crippen MR) is 169 cm³/mol. The molecule has 2 N–H and O–H groups in total. The number of benzene rings is 2. The van der Waals surface area contributed by atoms with E-state index in [1.165, 1.54) is 12.5 Å². The summed E-state index contributed by atoms with van der Waals surface area (Å²) in [5.41, 5.74) is 3.30. The van der Waals surface area contributed by atoms with Crippen LogP contribution in [0.25, 0.3) is 10.9 Å². The van der Waals surface area contributed by atoms with Crippen molar-refractivity contribution in [3.05, 3.63) is 70.0 Å². The fraction of sp³-hybridized carbons (Fsp3) is 0.559. The summed E-state index contributed by atoms with van der Waals surface area (Å²) in [5.74, 6) is 2.70. The van der Waals surface area contributed by atoms with Crippen LogP contribution >= 0.6 is 0 Å². The van der Waals surface area contributed by atoms with Gasteiger partial charge in [-0.15, -0.1) is 0 Å². The molecule has 42 heavy (non-hydrogen) atoms. The second-order valence-corrected chi connectivity index (χ2v) is 13.7.